The van der Waals surface area contributed by atoms with Crippen molar-refractivity contribution < 1.29 is 9.21 Å². The van der Waals surface area contributed by atoms with Crippen molar-refractivity contribution in [1.82, 2.24) is 19.9 Å². The molecule has 3 aromatic heterocycles. The molecule has 0 saturated heterocycles. The van der Waals surface area contributed by atoms with Crippen LogP contribution in [0.15, 0.2) is 76.6 Å². The average Bonchev–Trinajstić information content (AvgIpc) is 3.21. The molecule has 0 saturated carbocycles. The van der Waals surface area contributed by atoms with Crippen LogP contribution in [0.1, 0.15) is 16.1 Å². The van der Waals surface area contributed by atoms with Crippen LogP contribution in [0.4, 0.5) is 0 Å². The van der Waals surface area contributed by atoms with E-state index in [0.29, 0.717) is 11.0 Å². The van der Waals surface area contributed by atoms with Gasteiger partial charge in [-0.05, 0) is 23.8 Å². The van der Waals surface area contributed by atoms with Gasteiger partial charge in [-0.15, -0.1) is 0 Å². The molecule has 0 atom stereocenters. The van der Waals surface area contributed by atoms with Crippen LogP contribution in [0.5, 0.6) is 0 Å². The number of carbonyl (C=O) groups is 1. The first-order valence-corrected chi connectivity index (χ1v) is 7.95. The lowest BCUT2D eigenvalue weighted by atomic mass is 10.2. The van der Waals surface area contributed by atoms with E-state index in [2.05, 4.69) is 15.3 Å². The van der Waals surface area contributed by atoms with Gasteiger partial charge in [-0.1, -0.05) is 18.2 Å². The van der Waals surface area contributed by atoms with Gasteiger partial charge in [0.2, 0.25) is 0 Å². The zero-order valence-electron chi connectivity index (χ0n) is 13.6. The summed E-state index contributed by atoms with van der Waals surface area (Å²) in [5, 5.41) is 3.18. The van der Waals surface area contributed by atoms with Crippen LogP contribution in [0, 0.1) is 0 Å². The molecule has 1 amide bonds. The summed E-state index contributed by atoms with van der Waals surface area (Å²) >= 11 is 0. The Morgan fingerprint density at radius 1 is 1.19 bits per heavy atom. The first-order valence-electron chi connectivity index (χ1n) is 7.95. The SMILES string of the molecule is O=C(NCc1ccc(-n2ccnc2)nc1)c1cc(=O)c2ccccc2o1. The first kappa shape index (κ1) is 15.8. The smallest absolute Gasteiger partial charge is 0.287 e. The van der Waals surface area contributed by atoms with Crippen molar-refractivity contribution in [3.05, 3.63) is 88.9 Å². The highest BCUT2D eigenvalue weighted by molar-refractivity contribution is 5.93. The molecule has 0 bridgehead atoms. The van der Waals surface area contributed by atoms with Crippen molar-refractivity contribution in [2.24, 2.45) is 0 Å². The second kappa shape index (κ2) is 6.64. The Balaban J connectivity index is 1.48. The minimum absolute atomic E-state index is 0.0169. The van der Waals surface area contributed by atoms with E-state index in [1.807, 2.05) is 12.1 Å². The fourth-order valence-electron chi connectivity index (χ4n) is 2.55. The number of hydrogen-bond acceptors (Lipinski definition) is 5. The first-order chi connectivity index (χ1) is 12.7. The van der Waals surface area contributed by atoms with Crippen LogP contribution in [-0.2, 0) is 6.54 Å². The van der Waals surface area contributed by atoms with E-state index in [1.54, 1.807) is 53.8 Å². The van der Waals surface area contributed by atoms with E-state index in [-0.39, 0.29) is 17.7 Å². The Labute approximate surface area is 147 Å². The third-order valence-corrected chi connectivity index (χ3v) is 3.89. The highest BCUT2D eigenvalue weighted by atomic mass is 16.3. The molecule has 0 aliphatic carbocycles. The minimum Gasteiger partial charge on any atom is -0.451 e. The Morgan fingerprint density at radius 2 is 2.08 bits per heavy atom. The third kappa shape index (κ3) is 3.10. The molecule has 26 heavy (non-hydrogen) atoms. The maximum Gasteiger partial charge on any atom is 0.287 e. The van der Waals surface area contributed by atoms with E-state index in [9.17, 15) is 9.59 Å². The van der Waals surface area contributed by atoms with Crippen LogP contribution < -0.4 is 10.7 Å². The summed E-state index contributed by atoms with van der Waals surface area (Å²) < 4.78 is 7.31. The standard InChI is InChI=1S/C19H14N4O3/c24-15-9-17(26-16-4-2-1-3-14(15)16)19(25)22-11-13-5-6-18(21-10-13)23-8-7-20-12-23/h1-10,12H,11H2,(H,22,25). The van der Waals surface area contributed by atoms with Gasteiger partial charge in [0, 0.05) is 31.2 Å². The fraction of sp³-hybridized carbons (Fsp3) is 0.0526. The van der Waals surface area contributed by atoms with Gasteiger partial charge in [0.25, 0.3) is 5.91 Å². The molecule has 0 aliphatic rings. The summed E-state index contributed by atoms with van der Waals surface area (Å²) in [5.74, 6) is 0.265. The number of nitrogens with zero attached hydrogens (tertiary/aromatic N) is 3. The molecule has 0 aliphatic heterocycles. The largest absolute Gasteiger partial charge is 0.451 e. The second-order valence-corrected chi connectivity index (χ2v) is 5.65. The lowest BCUT2D eigenvalue weighted by Gasteiger charge is -2.06. The normalized spacial score (nSPS) is 10.8. The van der Waals surface area contributed by atoms with Gasteiger partial charge in [0.1, 0.15) is 17.7 Å². The number of rotatable bonds is 4. The number of benzene rings is 1. The Bertz CT molecular complexity index is 1120. The Kier molecular flexibility index (Phi) is 4.03. The van der Waals surface area contributed by atoms with Crippen molar-refractivity contribution in [1.29, 1.82) is 0 Å². The van der Waals surface area contributed by atoms with Crippen molar-refractivity contribution in [2.45, 2.75) is 6.54 Å². The number of imidazole rings is 1. The van der Waals surface area contributed by atoms with Gasteiger partial charge in [-0.25, -0.2) is 9.97 Å². The van der Waals surface area contributed by atoms with E-state index in [4.69, 9.17) is 4.42 Å². The lowest BCUT2D eigenvalue weighted by Crippen LogP contribution is -2.24. The number of pyridine rings is 1. The quantitative estimate of drug-likeness (QED) is 0.612. The monoisotopic (exact) mass is 346 g/mol. The zero-order valence-corrected chi connectivity index (χ0v) is 13.6. The van der Waals surface area contributed by atoms with Crippen LogP contribution in [0.3, 0.4) is 0 Å². The van der Waals surface area contributed by atoms with Crippen molar-refractivity contribution in [3.63, 3.8) is 0 Å². The second-order valence-electron chi connectivity index (χ2n) is 5.65. The summed E-state index contributed by atoms with van der Waals surface area (Å²) in [7, 11) is 0. The highest BCUT2D eigenvalue weighted by Crippen LogP contribution is 2.12. The molecule has 1 aromatic carbocycles. The van der Waals surface area contributed by atoms with E-state index in [0.717, 1.165) is 11.4 Å². The number of carbonyl (C=O) groups excluding carboxylic acids is 1. The molecule has 4 rings (SSSR count). The summed E-state index contributed by atoms with van der Waals surface area (Å²) in [4.78, 5) is 32.7. The van der Waals surface area contributed by atoms with Crippen molar-refractivity contribution >= 4 is 16.9 Å². The van der Waals surface area contributed by atoms with Gasteiger partial charge in [-0.2, -0.15) is 0 Å². The maximum atomic E-state index is 12.3. The third-order valence-electron chi connectivity index (χ3n) is 3.89. The molecule has 0 radical (unpaired) electrons. The Morgan fingerprint density at radius 3 is 2.85 bits per heavy atom. The maximum absolute atomic E-state index is 12.3. The molecule has 7 heteroatoms. The predicted molar refractivity (Wildman–Crippen MR) is 95.0 cm³/mol. The van der Waals surface area contributed by atoms with Gasteiger partial charge >= 0.3 is 0 Å². The molecule has 128 valence electrons. The average molecular weight is 346 g/mol. The molecule has 7 nitrogen and oxygen atoms in total. The van der Waals surface area contributed by atoms with E-state index in [1.165, 1.54) is 6.07 Å². The summed E-state index contributed by atoms with van der Waals surface area (Å²) in [5.41, 5.74) is 0.963. The van der Waals surface area contributed by atoms with Crippen molar-refractivity contribution in [3.8, 4) is 5.82 Å². The summed E-state index contributed by atoms with van der Waals surface area (Å²) in [6.45, 7) is 0.270. The van der Waals surface area contributed by atoms with Crippen LogP contribution in [0.2, 0.25) is 0 Å². The van der Waals surface area contributed by atoms with E-state index < -0.39 is 5.91 Å². The van der Waals surface area contributed by atoms with Gasteiger partial charge < -0.3 is 9.73 Å². The van der Waals surface area contributed by atoms with Crippen molar-refractivity contribution in [2.75, 3.05) is 0 Å². The van der Waals surface area contributed by atoms with Crippen LogP contribution in [-0.4, -0.2) is 20.4 Å². The molecular formula is C19H14N4O3. The number of hydrogen-bond donors (Lipinski definition) is 1. The number of amides is 1. The summed E-state index contributed by atoms with van der Waals surface area (Å²) in [6, 6.07) is 11.7. The van der Waals surface area contributed by atoms with Gasteiger partial charge in [0.05, 0.1) is 5.39 Å². The molecule has 0 unspecified atom stereocenters. The summed E-state index contributed by atoms with van der Waals surface area (Å²) in [6.07, 6.45) is 6.80. The number of nitrogens with one attached hydrogen (secondary N) is 1. The zero-order chi connectivity index (χ0) is 17.9. The fourth-order valence-corrected chi connectivity index (χ4v) is 2.55. The molecule has 3 heterocycles. The van der Waals surface area contributed by atoms with Gasteiger partial charge in [-0.3, -0.25) is 14.2 Å². The van der Waals surface area contributed by atoms with E-state index >= 15 is 0 Å². The van der Waals surface area contributed by atoms with Crippen LogP contribution in [0.25, 0.3) is 16.8 Å². The minimum atomic E-state index is -0.452. The number of aromatic nitrogens is 3. The van der Waals surface area contributed by atoms with Crippen LogP contribution >= 0.6 is 0 Å². The molecule has 1 N–H and O–H groups in total. The molecule has 4 aromatic rings. The molecular weight excluding hydrogens is 332 g/mol. The molecule has 0 spiro atoms. The Hall–Kier alpha value is -3.74. The van der Waals surface area contributed by atoms with Gasteiger partial charge in [0.15, 0.2) is 11.2 Å². The number of fused-ring (bicyclic) bond motifs is 1. The number of para-hydroxylation sites is 1. The predicted octanol–water partition coefficient (Wildman–Crippen LogP) is 2.30. The molecule has 0 fully saturated rings. The lowest BCUT2D eigenvalue weighted by molar-refractivity contribution is 0.0923. The highest BCUT2D eigenvalue weighted by Gasteiger charge is 2.12. The topological polar surface area (TPSA) is 90.0 Å².